The van der Waals surface area contributed by atoms with Crippen LogP contribution >= 0.6 is 11.3 Å². The third-order valence-electron chi connectivity index (χ3n) is 4.37. The second-order valence-electron chi connectivity index (χ2n) is 6.73. The number of nitrogens with zero attached hydrogens (tertiary/aromatic N) is 3. The molecule has 0 fully saturated rings. The fourth-order valence-corrected chi connectivity index (χ4v) is 3.60. The first-order valence-corrected chi connectivity index (χ1v) is 9.88. The lowest BCUT2D eigenvalue weighted by molar-refractivity contribution is 0.425. The molecule has 4 nitrogen and oxygen atoms in total. The van der Waals surface area contributed by atoms with Gasteiger partial charge in [0.2, 0.25) is 0 Å². The zero-order chi connectivity index (χ0) is 18.6. The molecule has 4 rings (SSSR count). The van der Waals surface area contributed by atoms with Gasteiger partial charge < -0.3 is 10.2 Å². The lowest BCUT2D eigenvalue weighted by Crippen LogP contribution is -2.21. The van der Waals surface area contributed by atoms with E-state index in [0.29, 0.717) is 0 Å². The molecule has 136 valence electrons. The summed E-state index contributed by atoms with van der Waals surface area (Å²) in [5.74, 6) is 1.61. The van der Waals surface area contributed by atoms with Crippen molar-refractivity contribution in [3.63, 3.8) is 0 Å². The number of thiophene rings is 1. The first-order chi connectivity index (χ1) is 13.2. The van der Waals surface area contributed by atoms with Gasteiger partial charge in [-0.3, -0.25) is 0 Å². The molecule has 2 heterocycles. The highest BCUT2D eigenvalue weighted by molar-refractivity contribution is 7.10. The van der Waals surface area contributed by atoms with Gasteiger partial charge in [0.1, 0.15) is 5.82 Å². The summed E-state index contributed by atoms with van der Waals surface area (Å²) in [6.45, 7) is 1.78. The van der Waals surface area contributed by atoms with Crippen molar-refractivity contribution in [2.24, 2.45) is 0 Å². The predicted molar refractivity (Wildman–Crippen MR) is 117 cm³/mol. The average molecular weight is 375 g/mol. The Hall–Kier alpha value is -2.76. The van der Waals surface area contributed by atoms with Crippen LogP contribution in [0.25, 0.3) is 33.8 Å². The standard InChI is InChI=1S/C22H22N4S/c1-26(2)12-11-23-22-19-14-16-6-3-4-7-17(16)15-20(19)24-21(25-22)10-9-18-8-5-13-27-18/h3-10,13-15H,11-12H2,1-2H3,(H,23,24,25). The summed E-state index contributed by atoms with van der Waals surface area (Å²) in [6, 6.07) is 16.8. The van der Waals surface area contributed by atoms with Gasteiger partial charge in [-0.15, -0.1) is 11.3 Å². The molecule has 27 heavy (non-hydrogen) atoms. The molecule has 0 saturated carbocycles. The highest BCUT2D eigenvalue weighted by Gasteiger charge is 2.08. The highest BCUT2D eigenvalue weighted by atomic mass is 32.1. The second-order valence-corrected chi connectivity index (χ2v) is 7.70. The number of aromatic nitrogens is 2. The largest absolute Gasteiger partial charge is 0.368 e. The Labute approximate surface area is 163 Å². The van der Waals surface area contributed by atoms with E-state index in [9.17, 15) is 0 Å². The van der Waals surface area contributed by atoms with Crippen molar-refractivity contribution >= 4 is 51.0 Å². The maximum Gasteiger partial charge on any atom is 0.155 e. The Morgan fingerprint density at radius 1 is 1.00 bits per heavy atom. The minimum Gasteiger partial charge on any atom is -0.368 e. The summed E-state index contributed by atoms with van der Waals surface area (Å²) in [7, 11) is 4.14. The van der Waals surface area contributed by atoms with E-state index < -0.39 is 0 Å². The molecule has 4 aromatic rings. The van der Waals surface area contributed by atoms with Crippen molar-refractivity contribution in [3.8, 4) is 0 Å². The summed E-state index contributed by atoms with van der Waals surface area (Å²) < 4.78 is 0. The molecule has 5 heteroatoms. The van der Waals surface area contributed by atoms with E-state index in [2.05, 4.69) is 78.2 Å². The molecular formula is C22H22N4S. The summed E-state index contributed by atoms with van der Waals surface area (Å²) in [6.07, 6.45) is 4.05. The lowest BCUT2D eigenvalue weighted by Gasteiger charge is -2.13. The monoisotopic (exact) mass is 374 g/mol. The van der Waals surface area contributed by atoms with Crippen molar-refractivity contribution in [2.75, 3.05) is 32.5 Å². The van der Waals surface area contributed by atoms with Crippen LogP contribution in [-0.4, -0.2) is 42.1 Å². The van der Waals surface area contributed by atoms with Crippen LogP contribution in [0.4, 0.5) is 5.82 Å². The number of likely N-dealkylation sites (N-methyl/N-ethyl adjacent to an activating group) is 1. The van der Waals surface area contributed by atoms with Gasteiger partial charge in [-0.25, -0.2) is 9.97 Å². The second kappa shape index (κ2) is 7.86. The van der Waals surface area contributed by atoms with Crippen LogP contribution < -0.4 is 5.32 Å². The van der Waals surface area contributed by atoms with Crippen molar-refractivity contribution in [2.45, 2.75) is 0 Å². The first-order valence-electron chi connectivity index (χ1n) is 9.00. The van der Waals surface area contributed by atoms with E-state index >= 15 is 0 Å². The van der Waals surface area contributed by atoms with Gasteiger partial charge in [-0.2, -0.15) is 0 Å². The molecule has 0 aliphatic rings. The molecule has 1 N–H and O–H groups in total. The van der Waals surface area contributed by atoms with Crippen LogP contribution in [0, 0.1) is 0 Å². The summed E-state index contributed by atoms with van der Waals surface area (Å²) in [5.41, 5.74) is 0.960. The van der Waals surface area contributed by atoms with Crippen LogP contribution in [-0.2, 0) is 0 Å². The zero-order valence-electron chi connectivity index (χ0n) is 15.5. The Morgan fingerprint density at radius 2 is 1.81 bits per heavy atom. The van der Waals surface area contributed by atoms with Gasteiger partial charge in [-0.1, -0.05) is 30.3 Å². The van der Waals surface area contributed by atoms with Gasteiger partial charge in [0.25, 0.3) is 0 Å². The molecule has 0 aliphatic heterocycles. The van der Waals surface area contributed by atoms with E-state index in [-0.39, 0.29) is 0 Å². The van der Waals surface area contributed by atoms with Crippen LogP contribution in [0.3, 0.4) is 0 Å². The van der Waals surface area contributed by atoms with Crippen LogP contribution in [0.15, 0.2) is 53.9 Å². The Kier molecular flexibility index (Phi) is 5.14. The molecule has 0 spiro atoms. The van der Waals surface area contributed by atoms with Gasteiger partial charge in [0.15, 0.2) is 5.82 Å². The molecule has 0 unspecified atom stereocenters. The number of rotatable bonds is 6. The number of hydrogen-bond acceptors (Lipinski definition) is 5. The third-order valence-corrected chi connectivity index (χ3v) is 5.21. The van der Waals surface area contributed by atoms with E-state index in [4.69, 9.17) is 9.97 Å². The molecular weight excluding hydrogens is 352 g/mol. The first kappa shape index (κ1) is 17.6. The Morgan fingerprint density at radius 3 is 2.56 bits per heavy atom. The van der Waals surface area contributed by atoms with Crippen LogP contribution in [0.1, 0.15) is 10.7 Å². The van der Waals surface area contributed by atoms with E-state index in [1.807, 2.05) is 12.1 Å². The topological polar surface area (TPSA) is 41.0 Å². The highest BCUT2D eigenvalue weighted by Crippen LogP contribution is 2.27. The lowest BCUT2D eigenvalue weighted by atomic mass is 10.1. The summed E-state index contributed by atoms with van der Waals surface area (Å²) in [4.78, 5) is 12.9. The maximum absolute atomic E-state index is 4.78. The van der Waals surface area contributed by atoms with E-state index in [1.54, 1.807) is 11.3 Å². The number of benzene rings is 2. The number of anilines is 1. The molecule has 0 amide bonds. The van der Waals surface area contributed by atoms with E-state index in [1.165, 1.54) is 15.6 Å². The zero-order valence-corrected chi connectivity index (χ0v) is 16.3. The number of nitrogens with one attached hydrogen (secondary N) is 1. The van der Waals surface area contributed by atoms with Crippen LogP contribution in [0.5, 0.6) is 0 Å². The number of fused-ring (bicyclic) bond motifs is 2. The molecule has 0 atom stereocenters. The third kappa shape index (κ3) is 4.15. The molecule has 2 aromatic heterocycles. The molecule has 0 saturated heterocycles. The Balaban J connectivity index is 1.78. The van der Waals surface area contributed by atoms with Crippen LogP contribution in [0.2, 0.25) is 0 Å². The van der Waals surface area contributed by atoms with Crippen molar-refractivity contribution in [1.82, 2.24) is 14.9 Å². The normalized spacial score (nSPS) is 11.8. The maximum atomic E-state index is 4.78. The molecule has 0 bridgehead atoms. The van der Waals surface area contributed by atoms with Gasteiger partial charge >= 0.3 is 0 Å². The van der Waals surface area contributed by atoms with E-state index in [0.717, 1.165) is 35.6 Å². The van der Waals surface area contributed by atoms with Crippen molar-refractivity contribution in [3.05, 3.63) is 64.6 Å². The molecule has 0 radical (unpaired) electrons. The Bertz CT molecular complexity index is 1080. The van der Waals surface area contributed by atoms with Gasteiger partial charge in [0.05, 0.1) is 5.52 Å². The minimum atomic E-state index is 0.721. The molecule has 0 aliphatic carbocycles. The fourth-order valence-electron chi connectivity index (χ4n) is 2.98. The van der Waals surface area contributed by atoms with Crippen molar-refractivity contribution in [1.29, 1.82) is 0 Å². The SMILES string of the molecule is CN(C)CCNc1nc(C=Cc2cccs2)nc2cc3ccccc3cc12. The minimum absolute atomic E-state index is 0.721. The smallest absolute Gasteiger partial charge is 0.155 e. The van der Waals surface area contributed by atoms with Gasteiger partial charge in [0, 0.05) is 23.4 Å². The summed E-state index contributed by atoms with van der Waals surface area (Å²) in [5, 5.41) is 9.01. The predicted octanol–water partition coefficient (Wildman–Crippen LogP) is 4.99. The quantitative estimate of drug-likeness (QED) is 0.483. The average Bonchev–Trinajstić information content (AvgIpc) is 3.18. The summed E-state index contributed by atoms with van der Waals surface area (Å²) >= 11 is 1.71. The fraction of sp³-hybridized carbons (Fsp3) is 0.182. The number of hydrogen-bond donors (Lipinski definition) is 1. The molecule has 2 aromatic carbocycles. The van der Waals surface area contributed by atoms with Crippen molar-refractivity contribution < 1.29 is 0 Å². The van der Waals surface area contributed by atoms with Gasteiger partial charge in [-0.05, 0) is 60.6 Å².